The van der Waals surface area contributed by atoms with Crippen LogP contribution < -0.4 is 17.0 Å². The Bertz CT molecular complexity index is 463. The minimum Gasteiger partial charge on any atom is -0.467 e. The molecule has 1 fully saturated rings. The number of amides is 2. The van der Waals surface area contributed by atoms with Crippen molar-refractivity contribution in [3.05, 3.63) is 23.7 Å². The van der Waals surface area contributed by atoms with Crippen molar-refractivity contribution >= 4 is 11.8 Å². The largest absolute Gasteiger partial charge is 0.467 e. The monoisotopic (exact) mass is 266 g/mol. The maximum atomic E-state index is 11.5. The van der Waals surface area contributed by atoms with Crippen LogP contribution in [0.2, 0.25) is 0 Å². The minimum absolute atomic E-state index is 0.0420. The van der Waals surface area contributed by atoms with Gasteiger partial charge in [-0.25, -0.2) is 5.84 Å². The number of likely N-dealkylation sites (tertiary alicyclic amines) is 1. The molecule has 0 bridgehead atoms. The van der Waals surface area contributed by atoms with Gasteiger partial charge in [0.1, 0.15) is 5.76 Å². The Morgan fingerprint density at radius 2 is 2.11 bits per heavy atom. The summed E-state index contributed by atoms with van der Waals surface area (Å²) in [6.07, 6.45) is 2.96. The number of nitrogens with one attached hydrogen (secondary N) is 1. The van der Waals surface area contributed by atoms with E-state index >= 15 is 0 Å². The van der Waals surface area contributed by atoms with Crippen LogP contribution in [0.15, 0.2) is 16.7 Å². The van der Waals surface area contributed by atoms with E-state index in [2.05, 4.69) is 10.3 Å². The third kappa shape index (κ3) is 3.12. The smallest absolute Gasteiger partial charge is 0.268 e. The number of hydrogen-bond donors (Lipinski definition) is 3. The van der Waals surface area contributed by atoms with Gasteiger partial charge in [0, 0.05) is 5.92 Å². The first kappa shape index (κ1) is 13.6. The molecule has 2 rings (SSSR count). The normalized spacial score (nSPS) is 17.3. The number of rotatable bonds is 4. The maximum Gasteiger partial charge on any atom is 0.268 e. The molecule has 0 unspecified atom stereocenters. The summed E-state index contributed by atoms with van der Waals surface area (Å²) in [5.41, 5.74) is 7.82. The number of carbonyl (C=O) groups is 2. The molecule has 0 saturated carbocycles. The topological polar surface area (TPSA) is 115 Å². The standard InChI is InChI=1S/C12H18N4O3/c13-11(17)8-1-4-16(5-2-8)7-10-9(3-6-19-10)12(18)15-14/h3,6,8H,1-2,4-5,7,14H2,(H2,13,17)(H,15,18). The number of primary amides is 1. The van der Waals surface area contributed by atoms with Crippen LogP contribution in [0, 0.1) is 5.92 Å². The highest BCUT2D eigenvalue weighted by Gasteiger charge is 2.24. The lowest BCUT2D eigenvalue weighted by molar-refractivity contribution is -0.123. The summed E-state index contributed by atoms with van der Waals surface area (Å²) >= 11 is 0. The summed E-state index contributed by atoms with van der Waals surface area (Å²) in [6.45, 7) is 2.05. The number of hydrazine groups is 1. The van der Waals surface area contributed by atoms with E-state index in [9.17, 15) is 9.59 Å². The molecule has 0 aliphatic carbocycles. The predicted octanol–water partition coefficient (Wildman–Crippen LogP) is -0.420. The van der Waals surface area contributed by atoms with Crippen LogP contribution in [-0.2, 0) is 11.3 Å². The average molecular weight is 266 g/mol. The van der Waals surface area contributed by atoms with Crippen LogP contribution in [0.4, 0.5) is 0 Å². The van der Waals surface area contributed by atoms with Gasteiger partial charge in [0.2, 0.25) is 5.91 Å². The van der Waals surface area contributed by atoms with Crippen LogP contribution in [0.25, 0.3) is 0 Å². The fourth-order valence-electron chi connectivity index (χ4n) is 2.32. The van der Waals surface area contributed by atoms with Crippen LogP contribution in [-0.4, -0.2) is 29.8 Å². The molecule has 7 heteroatoms. The second-order valence-corrected chi connectivity index (χ2v) is 4.68. The lowest BCUT2D eigenvalue weighted by Gasteiger charge is -2.29. The van der Waals surface area contributed by atoms with E-state index < -0.39 is 0 Å². The van der Waals surface area contributed by atoms with Crippen LogP contribution in [0.5, 0.6) is 0 Å². The summed E-state index contributed by atoms with van der Waals surface area (Å²) in [6, 6.07) is 1.59. The molecule has 1 saturated heterocycles. The van der Waals surface area contributed by atoms with Gasteiger partial charge in [-0.1, -0.05) is 0 Å². The van der Waals surface area contributed by atoms with Crippen LogP contribution in [0.1, 0.15) is 29.0 Å². The molecule has 0 spiro atoms. The van der Waals surface area contributed by atoms with E-state index in [1.54, 1.807) is 6.07 Å². The third-order valence-corrected chi connectivity index (χ3v) is 3.48. The first-order valence-electron chi connectivity index (χ1n) is 6.20. The number of hydrogen-bond acceptors (Lipinski definition) is 5. The van der Waals surface area contributed by atoms with Crippen molar-refractivity contribution in [2.24, 2.45) is 17.5 Å². The summed E-state index contributed by atoms with van der Waals surface area (Å²) < 4.78 is 5.31. The van der Waals surface area contributed by atoms with E-state index in [0.717, 1.165) is 25.9 Å². The highest BCUT2D eigenvalue weighted by atomic mass is 16.3. The molecule has 19 heavy (non-hydrogen) atoms. The number of carbonyl (C=O) groups excluding carboxylic acids is 2. The SMILES string of the molecule is NNC(=O)c1ccoc1CN1CCC(C(N)=O)CC1. The minimum atomic E-state index is -0.365. The Kier molecular flexibility index (Phi) is 4.18. The highest BCUT2D eigenvalue weighted by molar-refractivity contribution is 5.94. The van der Waals surface area contributed by atoms with Crippen LogP contribution in [0.3, 0.4) is 0 Å². The highest BCUT2D eigenvalue weighted by Crippen LogP contribution is 2.20. The second kappa shape index (κ2) is 5.85. The van der Waals surface area contributed by atoms with Gasteiger partial charge in [-0.15, -0.1) is 0 Å². The molecule has 1 aromatic rings. The number of nitrogens with zero attached hydrogens (tertiary/aromatic N) is 1. The van der Waals surface area contributed by atoms with Gasteiger partial charge < -0.3 is 10.2 Å². The Hall–Kier alpha value is -1.86. The third-order valence-electron chi connectivity index (χ3n) is 3.48. The van der Waals surface area contributed by atoms with Gasteiger partial charge in [-0.3, -0.25) is 19.9 Å². The Balaban J connectivity index is 1.94. The molecular formula is C12H18N4O3. The van der Waals surface area contributed by atoms with Crippen molar-refractivity contribution in [1.29, 1.82) is 0 Å². The lowest BCUT2D eigenvalue weighted by Crippen LogP contribution is -2.38. The van der Waals surface area contributed by atoms with Gasteiger partial charge in [0.05, 0.1) is 18.4 Å². The molecule has 1 aromatic heterocycles. The molecule has 0 atom stereocenters. The fraction of sp³-hybridized carbons (Fsp3) is 0.500. The van der Waals surface area contributed by atoms with Crippen molar-refractivity contribution < 1.29 is 14.0 Å². The molecule has 2 amide bonds. The van der Waals surface area contributed by atoms with Crippen molar-refractivity contribution in [3.8, 4) is 0 Å². The zero-order valence-corrected chi connectivity index (χ0v) is 10.6. The molecule has 0 radical (unpaired) electrons. The molecule has 0 aromatic carbocycles. The van der Waals surface area contributed by atoms with E-state index in [1.807, 2.05) is 0 Å². The molecular weight excluding hydrogens is 248 g/mol. The Labute approximate surface area is 110 Å². The predicted molar refractivity (Wildman–Crippen MR) is 67.6 cm³/mol. The molecule has 1 aliphatic rings. The lowest BCUT2D eigenvalue weighted by atomic mass is 9.96. The number of piperidine rings is 1. The van der Waals surface area contributed by atoms with Crippen LogP contribution >= 0.6 is 0 Å². The van der Waals surface area contributed by atoms with Gasteiger partial charge in [0.25, 0.3) is 5.91 Å². The van der Waals surface area contributed by atoms with E-state index in [4.69, 9.17) is 16.0 Å². The second-order valence-electron chi connectivity index (χ2n) is 4.68. The zero-order chi connectivity index (χ0) is 13.8. The van der Waals surface area contributed by atoms with E-state index in [0.29, 0.717) is 17.9 Å². The molecule has 2 heterocycles. The fourth-order valence-corrected chi connectivity index (χ4v) is 2.32. The summed E-state index contributed by atoms with van der Waals surface area (Å²) in [5.74, 6) is 5.05. The number of furan rings is 1. The quantitative estimate of drug-likeness (QED) is 0.389. The number of nitrogen functional groups attached to an aromatic ring is 1. The van der Waals surface area contributed by atoms with Crippen molar-refractivity contribution in [3.63, 3.8) is 0 Å². The molecule has 7 nitrogen and oxygen atoms in total. The molecule has 5 N–H and O–H groups in total. The van der Waals surface area contributed by atoms with Gasteiger partial charge in [-0.2, -0.15) is 0 Å². The van der Waals surface area contributed by atoms with Crippen molar-refractivity contribution in [2.45, 2.75) is 19.4 Å². The maximum absolute atomic E-state index is 11.5. The van der Waals surface area contributed by atoms with Gasteiger partial charge >= 0.3 is 0 Å². The van der Waals surface area contributed by atoms with Gasteiger partial charge in [-0.05, 0) is 32.0 Å². The zero-order valence-electron chi connectivity index (χ0n) is 10.6. The summed E-state index contributed by atoms with van der Waals surface area (Å²) in [4.78, 5) is 24.7. The summed E-state index contributed by atoms with van der Waals surface area (Å²) in [7, 11) is 0. The van der Waals surface area contributed by atoms with E-state index in [1.165, 1.54) is 6.26 Å². The van der Waals surface area contributed by atoms with E-state index in [-0.39, 0.29) is 17.7 Å². The molecule has 104 valence electrons. The van der Waals surface area contributed by atoms with Crippen molar-refractivity contribution in [2.75, 3.05) is 13.1 Å². The molecule has 1 aliphatic heterocycles. The average Bonchev–Trinajstić information content (AvgIpc) is 2.86. The Morgan fingerprint density at radius 3 is 2.68 bits per heavy atom. The van der Waals surface area contributed by atoms with Gasteiger partial charge in [0.15, 0.2) is 0 Å². The Morgan fingerprint density at radius 1 is 1.42 bits per heavy atom. The first-order chi connectivity index (χ1) is 9.11. The van der Waals surface area contributed by atoms with Crippen molar-refractivity contribution in [1.82, 2.24) is 10.3 Å². The number of nitrogens with two attached hydrogens (primary N) is 2. The summed E-state index contributed by atoms with van der Waals surface area (Å²) in [5, 5.41) is 0. The first-order valence-corrected chi connectivity index (χ1v) is 6.20.